The van der Waals surface area contributed by atoms with Gasteiger partial charge in [-0.05, 0) is 31.2 Å². The van der Waals surface area contributed by atoms with Crippen molar-refractivity contribution in [3.8, 4) is 0 Å². The Hall–Kier alpha value is -1.37. The zero-order valence-electron chi connectivity index (χ0n) is 13.7. The fraction of sp³-hybridized carbons (Fsp3) is 0.556. The number of nitrogens with zero attached hydrogens (tertiary/aromatic N) is 3. The number of benzene rings is 1. The average Bonchev–Trinajstić information content (AvgIpc) is 3.53. The van der Waals surface area contributed by atoms with E-state index in [-0.39, 0.29) is 0 Å². The molecule has 0 saturated heterocycles. The summed E-state index contributed by atoms with van der Waals surface area (Å²) in [5.41, 5.74) is 1.12. The fourth-order valence-electron chi connectivity index (χ4n) is 2.79. The molecule has 2 aliphatic rings. The van der Waals surface area contributed by atoms with Crippen molar-refractivity contribution < 1.29 is 9.84 Å². The van der Waals surface area contributed by atoms with Crippen molar-refractivity contribution in [1.82, 2.24) is 14.8 Å². The summed E-state index contributed by atoms with van der Waals surface area (Å²) in [6.07, 6.45) is 4.45. The van der Waals surface area contributed by atoms with Crippen molar-refractivity contribution in [2.75, 3.05) is 12.4 Å². The van der Waals surface area contributed by atoms with E-state index in [0.717, 1.165) is 16.5 Å². The minimum Gasteiger partial charge on any atom is -0.390 e. The molecule has 0 aliphatic heterocycles. The Balaban J connectivity index is 1.26. The van der Waals surface area contributed by atoms with Crippen LogP contribution in [0.15, 0.2) is 35.5 Å². The van der Waals surface area contributed by atoms with Crippen LogP contribution in [0.5, 0.6) is 0 Å². The van der Waals surface area contributed by atoms with Crippen LogP contribution >= 0.6 is 11.8 Å². The van der Waals surface area contributed by atoms with Gasteiger partial charge in [0.1, 0.15) is 5.82 Å². The fourth-order valence-corrected chi connectivity index (χ4v) is 3.71. The highest BCUT2D eigenvalue weighted by Crippen LogP contribution is 2.46. The van der Waals surface area contributed by atoms with E-state index in [1.165, 1.54) is 25.7 Å². The van der Waals surface area contributed by atoms with Gasteiger partial charge in [-0.3, -0.25) is 0 Å². The van der Waals surface area contributed by atoms with E-state index in [4.69, 9.17) is 4.74 Å². The van der Waals surface area contributed by atoms with Crippen molar-refractivity contribution in [3.05, 3.63) is 41.7 Å². The Kier molecular flexibility index (Phi) is 4.87. The Morgan fingerprint density at radius 1 is 1.17 bits per heavy atom. The van der Waals surface area contributed by atoms with Gasteiger partial charge in [0, 0.05) is 17.7 Å². The second kappa shape index (κ2) is 7.25. The highest BCUT2D eigenvalue weighted by molar-refractivity contribution is 7.99. The third-order valence-corrected chi connectivity index (χ3v) is 5.46. The number of aliphatic hydroxyl groups is 1. The zero-order valence-corrected chi connectivity index (χ0v) is 14.5. The topological polar surface area (TPSA) is 60.2 Å². The molecular formula is C18H23N3O2S. The predicted molar refractivity (Wildman–Crippen MR) is 93.1 cm³/mol. The van der Waals surface area contributed by atoms with Gasteiger partial charge in [-0.1, -0.05) is 42.1 Å². The second-order valence-corrected chi connectivity index (χ2v) is 7.67. The quantitative estimate of drug-likeness (QED) is 0.708. The molecule has 2 saturated carbocycles. The molecule has 1 atom stereocenters. The molecule has 1 aromatic heterocycles. The number of hydrogen-bond acceptors (Lipinski definition) is 5. The number of hydrogen-bond donors (Lipinski definition) is 1. The molecule has 1 aromatic carbocycles. The summed E-state index contributed by atoms with van der Waals surface area (Å²) >= 11 is 1.60. The van der Waals surface area contributed by atoms with Gasteiger partial charge in [0.15, 0.2) is 5.16 Å². The molecule has 0 unspecified atom stereocenters. The Morgan fingerprint density at radius 2 is 1.96 bits per heavy atom. The number of aromatic nitrogens is 3. The lowest BCUT2D eigenvalue weighted by atomic mass is 10.2. The molecule has 2 fully saturated rings. The number of rotatable bonds is 9. The first kappa shape index (κ1) is 16.1. The van der Waals surface area contributed by atoms with E-state index in [9.17, 15) is 5.11 Å². The summed E-state index contributed by atoms with van der Waals surface area (Å²) in [4.78, 5) is 0. The van der Waals surface area contributed by atoms with Gasteiger partial charge in [-0.2, -0.15) is 0 Å². The van der Waals surface area contributed by atoms with Gasteiger partial charge in [0.05, 0.1) is 19.3 Å². The third-order valence-electron chi connectivity index (χ3n) is 4.37. The maximum absolute atomic E-state index is 10.2. The highest BCUT2D eigenvalue weighted by atomic mass is 32.2. The first-order chi connectivity index (χ1) is 11.8. The van der Waals surface area contributed by atoms with E-state index < -0.39 is 6.10 Å². The summed E-state index contributed by atoms with van der Waals surface area (Å²) in [5.74, 6) is 2.37. The summed E-state index contributed by atoms with van der Waals surface area (Å²) in [5, 5.41) is 19.9. The molecule has 0 bridgehead atoms. The van der Waals surface area contributed by atoms with Crippen molar-refractivity contribution >= 4 is 11.8 Å². The molecule has 1 N–H and O–H groups in total. The van der Waals surface area contributed by atoms with Crippen molar-refractivity contribution in [2.45, 2.75) is 55.5 Å². The Morgan fingerprint density at radius 3 is 2.67 bits per heavy atom. The van der Waals surface area contributed by atoms with E-state index in [0.29, 0.717) is 30.9 Å². The summed E-state index contributed by atoms with van der Waals surface area (Å²) < 4.78 is 7.93. The molecule has 5 nitrogen and oxygen atoms in total. The second-order valence-electron chi connectivity index (χ2n) is 6.68. The third kappa shape index (κ3) is 3.99. The summed E-state index contributed by atoms with van der Waals surface area (Å²) in [7, 11) is 0. The van der Waals surface area contributed by atoms with Crippen molar-refractivity contribution in [3.63, 3.8) is 0 Å². The maximum atomic E-state index is 10.2. The maximum Gasteiger partial charge on any atom is 0.191 e. The molecular weight excluding hydrogens is 322 g/mol. The van der Waals surface area contributed by atoms with E-state index >= 15 is 0 Å². The number of aliphatic hydroxyl groups excluding tert-OH is 1. The minimum absolute atomic E-state index is 0.342. The largest absolute Gasteiger partial charge is 0.390 e. The SMILES string of the molecule is O[C@H](COCc1ccccc1)CSc1nnc(C2CC2)n1C1CC1. The first-order valence-electron chi connectivity index (χ1n) is 8.68. The molecule has 2 aliphatic carbocycles. The molecule has 0 spiro atoms. The van der Waals surface area contributed by atoms with Crippen LogP contribution in [-0.4, -0.2) is 38.3 Å². The number of ether oxygens (including phenoxy) is 1. The lowest BCUT2D eigenvalue weighted by molar-refractivity contribution is 0.0397. The molecule has 24 heavy (non-hydrogen) atoms. The molecule has 0 radical (unpaired) electrons. The Labute approximate surface area is 146 Å². The monoisotopic (exact) mass is 345 g/mol. The summed E-state index contributed by atoms with van der Waals surface area (Å²) in [6, 6.07) is 10.6. The van der Waals surface area contributed by atoms with E-state index in [1.54, 1.807) is 11.8 Å². The van der Waals surface area contributed by atoms with Gasteiger partial charge < -0.3 is 14.4 Å². The van der Waals surface area contributed by atoms with Crippen LogP contribution in [0.25, 0.3) is 0 Å². The summed E-state index contributed by atoms with van der Waals surface area (Å²) in [6.45, 7) is 0.877. The van der Waals surface area contributed by atoms with Gasteiger partial charge in [-0.25, -0.2) is 0 Å². The molecule has 4 rings (SSSR count). The minimum atomic E-state index is -0.493. The standard InChI is InChI=1S/C18H23N3O2S/c22-16(11-23-10-13-4-2-1-3-5-13)12-24-18-20-19-17(14-6-7-14)21(18)15-8-9-15/h1-5,14-16,22H,6-12H2/t16-/m1/s1. The van der Waals surface area contributed by atoms with Gasteiger partial charge in [0.2, 0.25) is 0 Å². The lowest BCUT2D eigenvalue weighted by Gasteiger charge is -2.12. The van der Waals surface area contributed by atoms with Gasteiger partial charge >= 0.3 is 0 Å². The normalized spacial score (nSPS) is 18.7. The smallest absolute Gasteiger partial charge is 0.191 e. The average molecular weight is 345 g/mol. The molecule has 2 aromatic rings. The number of thioether (sulfide) groups is 1. The highest BCUT2D eigenvalue weighted by Gasteiger charge is 2.36. The van der Waals surface area contributed by atoms with Crippen LogP contribution in [0.2, 0.25) is 0 Å². The first-order valence-corrected chi connectivity index (χ1v) is 9.67. The molecule has 0 amide bonds. The Bertz CT molecular complexity index is 668. The predicted octanol–water partition coefficient (Wildman–Crippen LogP) is 3.16. The van der Waals surface area contributed by atoms with Gasteiger partial charge in [-0.15, -0.1) is 10.2 Å². The van der Waals surface area contributed by atoms with Crippen LogP contribution in [0.3, 0.4) is 0 Å². The molecule has 6 heteroatoms. The molecule has 128 valence electrons. The zero-order chi connectivity index (χ0) is 16.4. The van der Waals surface area contributed by atoms with Crippen molar-refractivity contribution in [1.29, 1.82) is 0 Å². The van der Waals surface area contributed by atoms with Gasteiger partial charge in [0.25, 0.3) is 0 Å². The van der Waals surface area contributed by atoms with Crippen molar-refractivity contribution in [2.24, 2.45) is 0 Å². The van der Waals surface area contributed by atoms with Crippen LogP contribution in [-0.2, 0) is 11.3 Å². The van der Waals surface area contributed by atoms with Crippen LogP contribution in [0.1, 0.15) is 49.0 Å². The molecule has 1 heterocycles. The van der Waals surface area contributed by atoms with E-state index in [1.807, 2.05) is 30.3 Å². The lowest BCUT2D eigenvalue weighted by Crippen LogP contribution is -2.18. The van der Waals surface area contributed by atoms with E-state index in [2.05, 4.69) is 14.8 Å². The van der Waals surface area contributed by atoms with Crippen LogP contribution in [0.4, 0.5) is 0 Å². The van der Waals surface area contributed by atoms with Crippen LogP contribution in [0, 0.1) is 0 Å². The van der Waals surface area contributed by atoms with Crippen LogP contribution < -0.4 is 0 Å².